The smallest absolute Gasteiger partial charge is 0.238 e. The van der Waals surface area contributed by atoms with E-state index in [9.17, 15) is 13.2 Å². The molecular formula is C8H9NO3S2. The monoisotopic (exact) mass is 231 g/mol. The second kappa shape index (κ2) is 4.12. The minimum atomic E-state index is -3.67. The van der Waals surface area contributed by atoms with Crippen LogP contribution in [0.25, 0.3) is 0 Å². The fourth-order valence-corrected chi connectivity index (χ4v) is 1.79. The number of hydrogen-bond acceptors (Lipinski definition) is 4. The van der Waals surface area contributed by atoms with Crippen LogP contribution in [0.1, 0.15) is 10.4 Å². The van der Waals surface area contributed by atoms with Gasteiger partial charge in [-0.1, -0.05) is 11.8 Å². The third-order valence-electron chi connectivity index (χ3n) is 1.60. The molecule has 0 saturated carbocycles. The SMILES string of the molecule is CSC(=O)c1ccc(S(N)(=O)=O)cc1. The second-order valence-electron chi connectivity index (χ2n) is 2.56. The lowest BCUT2D eigenvalue weighted by Gasteiger charge is -1.99. The minimum absolute atomic E-state index is 0.00940. The molecule has 4 nitrogen and oxygen atoms in total. The van der Waals surface area contributed by atoms with Crippen molar-refractivity contribution in [1.82, 2.24) is 0 Å². The van der Waals surface area contributed by atoms with Crippen LogP contribution in [-0.4, -0.2) is 19.8 Å². The van der Waals surface area contributed by atoms with Gasteiger partial charge in [0.15, 0.2) is 0 Å². The van der Waals surface area contributed by atoms with Crippen LogP contribution in [-0.2, 0) is 10.0 Å². The second-order valence-corrected chi connectivity index (χ2v) is 4.90. The van der Waals surface area contributed by atoms with Gasteiger partial charge in [-0.15, -0.1) is 0 Å². The van der Waals surface area contributed by atoms with Gasteiger partial charge in [0.25, 0.3) is 0 Å². The number of carbonyl (C=O) groups excluding carboxylic acids is 1. The number of primary sulfonamides is 1. The molecule has 0 aliphatic rings. The van der Waals surface area contributed by atoms with Crippen molar-refractivity contribution in [3.05, 3.63) is 29.8 Å². The molecule has 6 heteroatoms. The average Bonchev–Trinajstić information content (AvgIpc) is 2.15. The van der Waals surface area contributed by atoms with E-state index in [1.165, 1.54) is 24.3 Å². The van der Waals surface area contributed by atoms with Gasteiger partial charge in [0.2, 0.25) is 15.1 Å². The van der Waals surface area contributed by atoms with Gasteiger partial charge in [-0.3, -0.25) is 4.79 Å². The molecule has 0 bridgehead atoms. The zero-order chi connectivity index (χ0) is 10.8. The van der Waals surface area contributed by atoms with E-state index in [-0.39, 0.29) is 10.0 Å². The maximum atomic E-state index is 11.2. The number of thioether (sulfide) groups is 1. The maximum absolute atomic E-state index is 11.2. The molecule has 0 radical (unpaired) electrons. The van der Waals surface area contributed by atoms with Gasteiger partial charge >= 0.3 is 0 Å². The number of nitrogens with two attached hydrogens (primary N) is 1. The highest BCUT2D eigenvalue weighted by Gasteiger charge is 2.09. The lowest BCUT2D eigenvalue weighted by Crippen LogP contribution is -2.12. The van der Waals surface area contributed by atoms with Crippen LogP contribution >= 0.6 is 11.8 Å². The third kappa shape index (κ3) is 2.57. The lowest BCUT2D eigenvalue weighted by molar-refractivity contribution is 0.108. The van der Waals surface area contributed by atoms with E-state index in [4.69, 9.17) is 5.14 Å². The number of benzene rings is 1. The Hall–Kier alpha value is -0.850. The Labute approximate surface area is 86.5 Å². The first-order valence-corrected chi connectivity index (χ1v) is 6.43. The fraction of sp³-hybridized carbons (Fsp3) is 0.125. The Kier molecular flexibility index (Phi) is 3.30. The normalized spacial score (nSPS) is 11.3. The zero-order valence-electron chi connectivity index (χ0n) is 7.43. The van der Waals surface area contributed by atoms with Crippen LogP contribution < -0.4 is 5.14 Å². The summed E-state index contributed by atoms with van der Waals surface area (Å²) in [6, 6.07) is 5.52. The molecule has 0 aliphatic heterocycles. The highest BCUT2D eigenvalue weighted by atomic mass is 32.2. The molecule has 0 atom stereocenters. The molecule has 2 N–H and O–H groups in total. The van der Waals surface area contributed by atoms with Gasteiger partial charge in [0.1, 0.15) is 0 Å². The number of sulfonamides is 1. The van der Waals surface area contributed by atoms with E-state index in [1.54, 1.807) is 6.26 Å². The molecule has 1 aromatic rings. The van der Waals surface area contributed by atoms with Crippen molar-refractivity contribution >= 4 is 26.9 Å². The quantitative estimate of drug-likeness (QED) is 0.818. The van der Waals surface area contributed by atoms with Gasteiger partial charge in [-0.2, -0.15) is 0 Å². The van der Waals surface area contributed by atoms with Gasteiger partial charge in [0.05, 0.1) is 4.90 Å². The molecule has 0 amide bonds. The van der Waals surface area contributed by atoms with E-state index in [1.807, 2.05) is 0 Å². The highest BCUT2D eigenvalue weighted by Crippen LogP contribution is 2.12. The van der Waals surface area contributed by atoms with Crippen molar-refractivity contribution in [2.24, 2.45) is 5.14 Å². The van der Waals surface area contributed by atoms with Crippen LogP contribution in [0.2, 0.25) is 0 Å². The average molecular weight is 231 g/mol. The summed E-state index contributed by atoms with van der Waals surface area (Å²) in [5.74, 6) is 0. The van der Waals surface area contributed by atoms with E-state index in [2.05, 4.69) is 0 Å². The summed E-state index contributed by atoms with van der Waals surface area (Å²) in [5.41, 5.74) is 0.463. The van der Waals surface area contributed by atoms with Crippen molar-refractivity contribution in [3.8, 4) is 0 Å². The van der Waals surface area contributed by atoms with Gasteiger partial charge in [-0.05, 0) is 30.5 Å². The minimum Gasteiger partial charge on any atom is -0.282 e. The van der Waals surface area contributed by atoms with Crippen LogP contribution in [0.3, 0.4) is 0 Å². The molecule has 1 rings (SSSR count). The number of hydrogen-bond donors (Lipinski definition) is 1. The summed E-state index contributed by atoms with van der Waals surface area (Å²) in [6.45, 7) is 0. The Bertz CT molecular complexity index is 436. The summed E-state index contributed by atoms with van der Waals surface area (Å²) in [4.78, 5) is 11.2. The summed E-state index contributed by atoms with van der Waals surface area (Å²) in [7, 11) is -3.67. The molecule has 76 valence electrons. The molecular weight excluding hydrogens is 222 g/mol. The van der Waals surface area contributed by atoms with Crippen LogP contribution in [0.5, 0.6) is 0 Å². The summed E-state index contributed by atoms with van der Waals surface area (Å²) < 4.78 is 21.7. The van der Waals surface area contributed by atoms with Crippen molar-refractivity contribution in [3.63, 3.8) is 0 Å². The van der Waals surface area contributed by atoms with Crippen molar-refractivity contribution in [1.29, 1.82) is 0 Å². The Balaban J connectivity index is 3.07. The summed E-state index contributed by atoms with van der Waals surface area (Å²) in [5, 5.41) is 4.79. The summed E-state index contributed by atoms with van der Waals surface area (Å²) in [6.07, 6.45) is 1.66. The Morgan fingerprint density at radius 3 is 2.14 bits per heavy atom. The fourth-order valence-electron chi connectivity index (χ4n) is 0.899. The third-order valence-corrected chi connectivity index (χ3v) is 3.14. The molecule has 1 aromatic carbocycles. The van der Waals surface area contributed by atoms with Gasteiger partial charge in [0, 0.05) is 5.56 Å². The topological polar surface area (TPSA) is 77.2 Å². The van der Waals surface area contributed by atoms with E-state index >= 15 is 0 Å². The van der Waals surface area contributed by atoms with Gasteiger partial charge < -0.3 is 0 Å². The van der Waals surface area contributed by atoms with Crippen LogP contribution in [0, 0.1) is 0 Å². The molecule has 0 fully saturated rings. The van der Waals surface area contributed by atoms with Crippen molar-refractivity contribution in [2.75, 3.05) is 6.26 Å². The predicted molar refractivity (Wildman–Crippen MR) is 55.7 cm³/mol. The van der Waals surface area contributed by atoms with E-state index in [0.29, 0.717) is 5.56 Å². The zero-order valence-corrected chi connectivity index (χ0v) is 9.06. The largest absolute Gasteiger partial charge is 0.282 e. The lowest BCUT2D eigenvalue weighted by atomic mass is 10.2. The van der Waals surface area contributed by atoms with Gasteiger partial charge in [-0.25, -0.2) is 13.6 Å². The molecule has 0 aromatic heterocycles. The molecule has 0 heterocycles. The first-order valence-electron chi connectivity index (χ1n) is 3.66. The van der Waals surface area contributed by atoms with Crippen LogP contribution in [0.4, 0.5) is 0 Å². The van der Waals surface area contributed by atoms with Crippen molar-refractivity contribution < 1.29 is 13.2 Å². The van der Waals surface area contributed by atoms with Crippen molar-refractivity contribution in [2.45, 2.75) is 4.90 Å². The Morgan fingerprint density at radius 1 is 1.29 bits per heavy atom. The molecule has 0 unspecified atom stereocenters. The number of carbonyl (C=O) groups is 1. The molecule has 14 heavy (non-hydrogen) atoms. The molecule has 0 saturated heterocycles. The van der Waals surface area contributed by atoms with Crippen LogP contribution in [0.15, 0.2) is 29.2 Å². The first-order chi connectivity index (χ1) is 6.45. The first kappa shape index (κ1) is 11.2. The maximum Gasteiger partial charge on any atom is 0.238 e. The Morgan fingerprint density at radius 2 is 1.79 bits per heavy atom. The van der Waals surface area contributed by atoms with E-state index < -0.39 is 10.0 Å². The van der Waals surface area contributed by atoms with E-state index in [0.717, 1.165) is 11.8 Å². The number of rotatable bonds is 2. The predicted octanol–water partition coefficient (Wildman–Crippen LogP) is 0.837. The molecule has 0 aliphatic carbocycles. The summed E-state index contributed by atoms with van der Waals surface area (Å²) >= 11 is 1.07. The molecule has 0 spiro atoms. The standard InChI is InChI=1S/C8H9NO3S2/c1-13-8(10)6-2-4-7(5-3-6)14(9,11)12/h2-5H,1H3,(H2,9,11,12). The highest BCUT2D eigenvalue weighted by molar-refractivity contribution is 8.13.